The van der Waals surface area contributed by atoms with E-state index >= 15 is 0 Å². The van der Waals surface area contributed by atoms with Crippen LogP contribution in [0.2, 0.25) is 5.02 Å². The number of allylic oxidation sites excluding steroid dienone is 1. The molecule has 2 rings (SSSR count). The fourth-order valence-electron chi connectivity index (χ4n) is 3.12. The Morgan fingerprint density at radius 3 is 1.59 bits per heavy atom. The monoisotopic (exact) mass is 547 g/mol. The first-order valence-corrected chi connectivity index (χ1v) is 8.29. The molecule has 1 aromatic rings. The third-order valence-corrected chi connectivity index (χ3v) is 5.08. The van der Waals surface area contributed by atoms with Crippen molar-refractivity contribution in [2.75, 3.05) is 0 Å². The second-order valence-electron chi connectivity index (χ2n) is 6.74. The number of halogens is 16. The molecule has 0 N–H and O–H groups in total. The van der Waals surface area contributed by atoms with Gasteiger partial charge >= 0.3 is 36.0 Å². The zero-order chi connectivity index (χ0) is 27.1. The van der Waals surface area contributed by atoms with E-state index in [1.54, 1.807) is 0 Å². The molecular weight excluding hydrogens is 545 g/mol. The van der Waals surface area contributed by atoms with E-state index in [0.717, 1.165) is 0 Å². The molecule has 1 aromatic carbocycles. The van der Waals surface area contributed by atoms with Crippen LogP contribution in [-0.2, 0) is 11.0 Å². The Balaban J connectivity index is 2.86. The highest BCUT2D eigenvalue weighted by Crippen LogP contribution is 2.75. The normalized spacial score (nSPS) is 23.1. The predicted octanol–water partition coefficient (Wildman–Crippen LogP) is 5.87. The van der Waals surface area contributed by atoms with Crippen molar-refractivity contribution in [2.24, 2.45) is 5.41 Å². The number of alkyl halides is 14. The minimum absolute atomic E-state index is 0.118. The molecule has 0 aromatic heterocycles. The molecule has 1 fully saturated rings. The van der Waals surface area contributed by atoms with Crippen molar-refractivity contribution in [3.05, 3.63) is 40.2 Å². The molecule has 0 aliphatic heterocycles. The van der Waals surface area contributed by atoms with Crippen molar-refractivity contribution in [1.29, 1.82) is 0 Å². The summed E-state index contributed by atoms with van der Waals surface area (Å²) >= 11 is 5.05. The van der Waals surface area contributed by atoms with Gasteiger partial charge in [0.2, 0.25) is 0 Å². The predicted molar refractivity (Wildman–Crippen MR) is 77.7 cm³/mol. The van der Waals surface area contributed by atoms with E-state index in [9.17, 15) is 75.8 Å². The van der Waals surface area contributed by atoms with Gasteiger partial charge in [-0.1, -0.05) is 17.4 Å². The van der Waals surface area contributed by atoms with Crippen LogP contribution in [0.15, 0.2) is 18.2 Å². The number of carbonyl (C=O) groups is 1. The Morgan fingerprint density at radius 2 is 1.24 bits per heavy atom. The van der Waals surface area contributed by atoms with E-state index in [2.05, 4.69) is 0 Å². The van der Waals surface area contributed by atoms with Gasteiger partial charge in [0.1, 0.15) is 0 Å². The third-order valence-electron chi connectivity index (χ3n) is 4.80. The highest BCUT2D eigenvalue weighted by Gasteiger charge is 3.06. The molecule has 0 saturated heterocycles. The van der Waals surface area contributed by atoms with Gasteiger partial charge in [-0.3, -0.25) is 4.79 Å². The van der Waals surface area contributed by atoms with E-state index in [1.165, 1.54) is 0 Å². The molecule has 1 aliphatic carbocycles. The molecule has 0 heterocycles. The molecular formula is C16H3ClF15O2-. The van der Waals surface area contributed by atoms with Crippen molar-refractivity contribution >= 4 is 23.1 Å². The Hall–Kier alpha value is -2.33. The summed E-state index contributed by atoms with van der Waals surface area (Å²) in [6, 6.07) is -0.658. The maximum absolute atomic E-state index is 14.0. The maximum atomic E-state index is 14.0. The van der Waals surface area contributed by atoms with Crippen molar-refractivity contribution < 1.29 is 75.8 Å². The lowest BCUT2D eigenvalue weighted by atomic mass is 9.74. The summed E-state index contributed by atoms with van der Waals surface area (Å²) in [5.41, 5.74) is -11.3. The molecule has 18 heteroatoms. The van der Waals surface area contributed by atoms with Crippen LogP contribution >= 0.6 is 11.6 Å². The van der Waals surface area contributed by atoms with Crippen LogP contribution < -0.4 is 5.11 Å². The first kappa shape index (κ1) is 27.9. The van der Waals surface area contributed by atoms with Gasteiger partial charge in [-0.2, -0.15) is 61.5 Å². The number of carbonyl (C=O) groups excluding carboxylic acids is 1. The standard InChI is InChI=1S/C16H4ClF15O2/c17-6-2-4(1-5(9(6)18)11(19,20)21)7(33)3-8(34)10(16(30,31)32)12(22,23)14(26,27)15(28,29)13(10,24)25/h1-3,33H/p-1/b7-3-. The van der Waals surface area contributed by atoms with Gasteiger partial charge in [0.05, 0.1) is 10.6 Å². The van der Waals surface area contributed by atoms with Crippen LogP contribution in [0, 0.1) is 11.2 Å². The molecule has 0 bridgehead atoms. The van der Waals surface area contributed by atoms with Crippen LogP contribution in [0.5, 0.6) is 0 Å². The van der Waals surface area contributed by atoms with E-state index in [0.29, 0.717) is 0 Å². The Kier molecular flexibility index (Phi) is 6.02. The second-order valence-corrected chi connectivity index (χ2v) is 7.14. The van der Waals surface area contributed by atoms with Crippen LogP contribution in [0.25, 0.3) is 5.76 Å². The Morgan fingerprint density at radius 1 is 0.824 bits per heavy atom. The molecule has 0 spiro atoms. The second kappa shape index (κ2) is 7.34. The van der Waals surface area contributed by atoms with Crippen molar-refractivity contribution in [1.82, 2.24) is 0 Å². The number of rotatable bonds is 3. The molecule has 34 heavy (non-hydrogen) atoms. The Labute approximate surface area is 181 Å². The summed E-state index contributed by atoms with van der Waals surface area (Å²) in [4.78, 5) is 11.9. The fraction of sp³-hybridized carbons (Fsp3) is 0.438. The van der Waals surface area contributed by atoms with Gasteiger partial charge < -0.3 is 5.11 Å². The largest absolute Gasteiger partial charge is 0.872 e. The lowest BCUT2D eigenvalue weighted by Gasteiger charge is -2.37. The lowest BCUT2D eigenvalue weighted by Crippen LogP contribution is -2.64. The molecule has 192 valence electrons. The molecule has 0 unspecified atom stereocenters. The van der Waals surface area contributed by atoms with Crippen molar-refractivity contribution in [3.8, 4) is 0 Å². The molecule has 0 atom stereocenters. The van der Waals surface area contributed by atoms with Crippen LogP contribution in [0.1, 0.15) is 11.1 Å². The average molecular weight is 548 g/mol. The van der Waals surface area contributed by atoms with Crippen molar-refractivity contribution in [3.63, 3.8) is 0 Å². The summed E-state index contributed by atoms with van der Waals surface area (Å²) in [6.45, 7) is 0. The molecule has 1 saturated carbocycles. The summed E-state index contributed by atoms with van der Waals surface area (Å²) in [7, 11) is 0. The average Bonchev–Trinajstić information content (AvgIpc) is 2.66. The molecule has 2 nitrogen and oxygen atoms in total. The van der Waals surface area contributed by atoms with Crippen LogP contribution in [0.4, 0.5) is 65.9 Å². The van der Waals surface area contributed by atoms with E-state index in [1.807, 2.05) is 0 Å². The zero-order valence-electron chi connectivity index (χ0n) is 15.1. The fourth-order valence-corrected chi connectivity index (χ4v) is 3.34. The zero-order valence-corrected chi connectivity index (χ0v) is 15.9. The molecule has 0 amide bonds. The SMILES string of the molecule is O=C(/C=C(\[O-])c1cc(Cl)c(F)c(C(F)(F)F)c1)C1(C(F)(F)F)C(F)(F)C(F)(F)C(F)(F)C1(F)F. The van der Waals surface area contributed by atoms with E-state index < -0.39 is 87.1 Å². The first-order chi connectivity index (χ1) is 14.8. The minimum Gasteiger partial charge on any atom is -0.872 e. The lowest BCUT2D eigenvalue weighted by molar-refractivity contribution is -0.341. The van der Waals surface area contributed by atoms with E-state index in [-0.39, 0.29) is 6.07 Å². The third kappa shape index (κ3) is 3.17. The van der Waals surface area contributed by atoms with E-state index in [4.69, 9.17) is 11.6 Å². The van der Waals surface area contributed by atoms with Gasteiger partial charge in [0, 0.05) is 0 Å². The quantitative estimate of drug-likeness (QED) is 0.270. The number of ketones is 1. The van der Waals surface area contributed by atoms with Gasteiger partial charge in [-0.25, -0.2) is 4.39 Å². The molecule has 0 radical (unpaired) electrons. The van der Waals surface area contributed by atoms with Gasteiger partial charge in [-0.05, 0) is 23.8 Å². The highest BCUT2D eigenvalue weighted by molar-refractivity contribution is 6.31. The minimum atomic E-state index is -7.57. The first-order valence-electron chi connectivity index (χ1n) is 7.91. The van der Waals surface area contributed by atoms with Crippen LogP contribution in [0.3, 0.4) is 0 Å². The van der Waals surface area contributed by atoms with Gasteiger partial charge in [0.15, 0.2) is 11.6 Å². The molecule has 1 aliphatic rings. The number of benzene rings is 1. The Bertz CT molecular complexity index is 1030. The summed E-state index contributed by atoms with van der Waals surface area (Å²) in [5.74, 6) is -39.0. The van der Waals surface area contributed by atoms with Gasteiger partial charge in [0.25, 0.3) is 5.41 Å². The number of hydrogen-bond acceptors (Lipinski definition) is 2. The topological polar surface area (TPSA) is 40.1 Å². The highest BCUT2D eigenvalue weighted by atomic mass is 35.5. The smallest absolute Gasteiger partial charge is 0.419 e. The maximum Gasteiger partial charge on any atom is 0.419 e. The van der Waals surface area contributed by atoms with Crippen LogP contribution in [-0.4, -0.2) is 35.6 Å². The summed E-state index contributed by atoms with van der Waals surface area (Å²) in [5, 5.41) is 10.3. The van der Waals surface area contributed by atoms with Crippen molar-refractivity contribution in [2.45, 2.75) is 36.0 Å². The number of hydrogen-bond donors (Lipinski definition) is 0. The van der Waals surface area contributed by atoms with Gasteiger partial charge in [-0.15, -0.1) is 0 Å². The summed E-state index contributed by atoms with van der Waals surface area (Å²) in [6.07, 6.45) is -14.7. The summed E-state index contributed by atoms with van der Waals surface area (Å²) < 4.78 is 201.